The lowest BCUT2D eigenvalue weighted by Crippen LogP contribution is -2.34. The number of amides is 1. The molecule has 7 rings (SSSR count). The van der Waals surface area contributed by atoms with Gasteiger partial charge in [-0.05, 0) is 24.5 Å². The van der Waals surface area contributed by atoms with Gasteiger partial charge in [0.1, 0.15) is 23.0 Å². The summed E-state index contributed by atoms with van der Waals surface area (Å²) in [6.07, 6.45) is 6.65. The molecule has 7 heterocycles. The second-order valence-corrected chi connectivity index (χ2v) is 9.92. The Morgan fingerprint density at radius 3 is 3.00 bits per heavy atom. The highest BCUT2D eigenvalue weighted by Gasteiger charge is 2.38. The fourth-order valence-corrected chi connectivity index (χ4v) is 6.03. The summed E-state index contributed by atoms with van der Waals surface area (Å²) in [5.74, 6) is 2.75. The van der Waals surface area contributed by atoms with Gasteiger partial charge in [-0.15, -0.1) is 0 Å². The predicted molar refractivity (Wildman–Crippen MR) is 141 cm³/mol. The molecular formula is C27H28N8O2. The number of hydrogen-bond acceptors (Lipinski definition) is 8. The van der Waals surface area contributed by atoms with E-state index in [-0.39, 0.29) is 5.91 Å². The number of fused-ring (bicyclic) bond motifs is 3. The van der Waals surface area contributed by atoms with Crippen LogP contribution in [-0.2, 0) is 13.6 Å². The minimum atomic E-state index is -0.123. The molecule has 3 aliphatic rings. The van der Waals surface area contributed by atoms with Crippen LogP contribution in [0.25, 0.3) is 22.3 Å². The molecule has 10 nitrogen and oxygen atoms in total. The first-order valence-electron chi connectivity index (χ1n) is 12.6. The molecule has 3 aliphatic heterocycles. The summed E-state index contributed by atoms with van der Waals surface area (Å²) in [6.45, 7) is 3.42. The predicted octanol–water partition coefficient (Wildman–Crippen LogP) is 2.82. The van der Waals surface area contributed by atoms with Crippen molar-refractivity contribution in [3.05, 3.63) is 54.0 Å². The van der Waals surface area contributed by atoms with Crippen LogP contribution < -0.4 is 25.6 Å². The molecule has 10 heteroatoms. The van der Waals surface area contributed by atoms with Crippen LogP contribution in [0.5, 0.6) is 5.75 Å². The molecule has 2 saturated heterocycles. The van der Waals surface area contributed by atoms with Gasteiger partial charge in [0, 0.05) is 80.3 Å². The van der Waals surface area contributed by atoms with Crippen molar-refractivity contribution in [3.8, 4) is 17.0 Å². The van der Waals surface area contributed by atoms with Crippen LogP contribution >= 0.6 is 0 Å². The quantitative estimate of drug-likeness (QED) is 0.387. The molecule has 0 aliphatic carbocycles. The van der Waals surface area contributed by atoms with Crippen molar-refractivity contribution in [1.82, 2.24) is 30.2 Å². The number of rotatable bonds is 5. The van der Waals surface area contributed by atoms with Gasteiger partial charge in [-0.3, -0.25) is 9.78 Å². The number of anilines is 3. The first-order valence-corrected chi connectivity index (χ1v) is 12.6. The SMILES string of the molecule is COc1cc(Nc2cnc(-c3ccnc4c3ccn4C)c3c2C(=O)NC3)nc(N2CC[C@H]3CNC[C@H]32)c1. The Balaban J connectivity index is 1.28. The number of carbonyl (C=O) groups is 1. The van der Waals surface area contributed by atoms with E-state index in [9.17, 15) is 4.79 Å². The molecule has 188 valence electrons. The van der Waals surface area contributed by atoms with Gasteiger partial charge in [0.05, 0.1) is 30.3 Å². The van der Waals surface area contributed by atoms with E-state index in [0.717, 1.165) is 65.5 Å². The van der Waals surface area contributed by atoms with Crippen molar-refractivity contribution in [2.75, 3.05) is 37.0 Å². The lowest BCUT2D eigenvalue weighted by atomic mass is 10.0. The van der Waals surface area contributed by atoms with Crippen LogP contribution in [0.2, 0.25) is 0 Å². The average Bonchev–Trinajstić information content (AvgIpc) is 3.69. The molecule has 0 radical (unpaired) electrons. The van der Waals surface area contributed by atoms with Crippen molar-refractivity contribution in [3.63, 3.8) is 0 Å². The fraction of sp³-hybridized carbons (Fsp3) is 0.333. The topological polar surface area (TPSA) is 109 Å². The molecule has 0 unspecified atom stereocenters. The van der Waals surface area contributed by atoms with Gasteiger partial charge < -0.3 is 30.2 Å². The minimum Gasteiger partial charge on any atom is -0.496 e. The van der Waals surface area contributed by atoms with E-state index in [0.29, 0.717) is 35.6 Å². The van der Waals surface area contributed by atoms with Crippen LogP contribution in [0.3, 0.4) is 0 Å². The number of nitrogens with one attached hydrogen (secondary N) is 3. The zero-order valence-electron chi connectivity index (χ0n) is 20.8. The van der Waals surface area contributed by atoms with Gasteiger partial charge in [0.25, 0.3) is 5.91 Å². The van der Waals surface area contributed by atoms with E-state index in [2.05, 4.69) is 25.8 Å². The maximum Gasteiger partial charge on any atom is 0.254 e. The summed E-state index contributed by atoms with van der Waals surface area (Å²) >= 11 is 0. The highest BCUT2D eigenvalue weighted by Crippen LogP contribution is 2.37. The molecule has 0 saturated carbocycles. The lowest BCUT2D eigenvalue weighted by molar-refractivity contribution is 0.0966. The Bertz CT molecular complexity index is 1550. The van der Waals surface area contributed by atoms with E-state index in [1.54, 1.807) is 19.5 Å². The number of hydrogen-bond donors (Lipinski definition) is 3. The largest absolute Gasteiger partial charge is 0.496 e. The summed E-state index contributed by atoms with van der Waals surface area (Å²) < 4.78 is 7.59. The molecule has 0 aromatic carbocycles. The van der Waals surface area contributed by atoms with Crippen molar-refractivity contribution < 1.29 is 9.53 Å². The smallest absolute Gasteiger partial charge is 0.254 e. The van der Waals surface area contributed by atoms with E-state index in [1.807, 2.05) is 42.1 Å². The Kier molecular flexibility index (Phi) is 5.03. The average molecular weight is 497 g/mol. The van der Waals surface area contributed by atoms with Crippen molar-refractivity contribution in [1.29, 1.82) is 0 Å². The number of ether oxygens (including phenoxy) is 1. The van der Waals surface area contributed by atoms with Crippen LogP contribution in [0.4, 0.5) is 17.3 Å². The summed E-state index contributed by atoms with van der Waals surface area (Å²) in [7, 11) is 3.63. The fourth-order valence-electron chi connectivity index (χ4n) is 6.03. The van der Waals surface area contributed by atoms with Crippen LogP contribution in [0.15, 0.2) is 42.9 Å². The monoisotopic (exact) mass is 496 g/mol. The third-order valence-corrected chi connectivity index (χ3v) is 7.88. The number of aryl methyl sites for hydroxylation is 1. The Morgan fingerprint density at radius 2 is 2.11 bits per heavy atom. The van der Waals surface area contributed by atoms with Crippen LogP contribution in [0.1, 0.15) is 22.3 Å². The van der Waals surface area contributed by atoms with Gasteiger partial charge >= 0.3 is 0 Å². The van der Waals surface area contributed by atoms with E-state index < -0.39 is 0 Å². The molecule has 0 spiro atoms. The first kappa shape index (κ1) is 22.1. The maximum atomic E-state index is 13.0. The second-order valence-electron chi connectivity index (χ2n) is 9.92. The molecule has 3 N–H and O–H groups in total. The van der Waals surface area contributed by atoms with Gasteiger partial charge in [-0.25, -0.2) is 9.97 Å². The molecular weight excluding hydrogens is 468 g/mol. The Morgan fingerprint density at radius 1 is 1.19 bits per heavy atom. The van der Waals surface area contributed by atoms with Crippen molar-refractivity contribution in [2.45, 2.75) is 19.0 Å². The third-order valence-electron chi connectivity index (χ3n) is 7.88. The van der Waals surface area contributed by atoms with E-state index in [4.69, 9.17) is 14.7 Å². The normalized spacial score (nSPS) is 20.3. The molecule has 4 aromatic heterocycles. The highest BCUT2D eigenvalue weighted by atomic mass is 16.5. The first-order chi connectivity index (χ1) is 18.1. The van der Waals surface area contributed by atoms with Gasteiger partial charge in [0.2, 0.25) is 0 Å². The zero-order chi connectivity index (χ0) is 25.1. The van der Waals surface area contributed by atoms with Crippen LogP contribution in [-0.4, -0.2) is 58.2 Å². The summed E-state index contributed by atoms with van der Waals surface area (Å²) in [5, 5.41) is 10.9. The molecule has 2 fully saturated rings. The van der Waals surface area contributed by atoms with Crippen molar-refractivity contribution in [2.24, 2.45) is 13.0 Å². The number of nitrogens with zero attached hydrogens (tertiary/aromatic N) is 5. The number of pyridine rings is 3. The van der Waals surface area contributed by atoms with Crippen LogP contribution in [0, 0.1) is 5.92 Å². The highest BCUT2D eigenvalue weighted by molar-refractivity contribution is 6.06. The summed E-state index contributed by atoms with van der Waals surface area (Å²) in [6, 6.07) is 8.27. The Labute approximate surface area is 214 Å². The van der Waals surface area contributed by atoms with Gasteiger partial charge in [-0.1, -0.05) is 0 Å². The zero-order valence-corrected chi connectivity index (χ0v) is 20.8. The van der Waals surface area contributed by atoms with Gasteiger partial charge in [0.15, 0.2) is 0 Å². The molecule has 37 heavy (non-hydrogen) atoms. The number of aromatic nitrogens is 4. The Hall–Kier alpha value is -4.18. The minimum absolute atomic E-state index is 0.123. The molecule has 2 atom stereocenters. The molecule has 4 aromatic rings. The third kappa shape index (κ3) is 3.51. The maximum absolute atomic E-state index is 13.0. The lowest BCUT2D eigenvalue weighted by Gasteiger charge is -2.25. The second kappa shape index (κ2) is 8.45. The standard InChI is InChI=1S/C27H28N8O2/c1-34-7-5-18-17(3-6-29-26(18)34)25-19-12-31-27(36)24(19)20(13-30-25)32-22-9-16(37-2)10-23(33-22)35-8-4-15-11-28-14-21(15)35/h3,5-7,9-10,13,15,21,28H,4,8,11-12,14H2,1-2H3,(H,31,36)(H,32,33)/t15-,21+/m0/s1. The molecule has 0 bridgehead atoms. The van der Waals surface area contributed by atoms with Gasteiger partial charge in [-0.2, -0.15) is 0 Å². The summed E-state index contributed by atoms with van der Waals surface area (Å²) in [4.78, 5) is 29.6. The number of carbonyl (C=O) groups excluding carboxylic acids is 1. The van der Waals surface area contributed by atoms with E-state index in [1.165, 1.54) is 0 Å². The number of methoxy groups -OCH3 is 1. The summed E-state index contributed by atoms with van der Waals surface area (Å²) in [5.41, 5.74) is 4.71. The van der Waals surface area contributed by atoms with Crippen molar-refractivity contribution >= 4 is 34.3 Å². The molecule has 1 amide bonds. The van der Waals surface area contributed by atoms with E-state index >= 15 is 0 Å².